The Balaban J connectivity index is 0.00000408. The lowest BCUT2D eigenvalue weighted by molar-refractivity contribution is -0.118. The Morgan fingerprint density at radius 2 is 1.68 bits per heavy atom. The normalized spacial score (nSPS) is 12.0. The molecule has 8 nitrogen and oxygen atoms in total. The van der Waals surface area contributed by atoms with Crippen molar-refractivity contribution in [2.75, 3.05) is 44.1 Å². The summed E-state index contributed by atoms with van der Waals surface area (Å²) in [6.07, 6.45) is 0.790. The van der Waals surface area contributed by atoms with Crippen molar-refractivity contribution in [3.8, 4) is 0 Å². The number of aromatic nitrogens is 1. The molecule has 2 aromatic carbocycles. The molecular formula is C21H25ClFN3O5S3. The predicted molar refractivity (Wildman–Crippen MR) is 134 cm³/mol. The third kappa shape index (κ3) is 6.72. The molecule has 0 unspecified atom stereocenters. The summed E-state index contributed by atoms with van der Waals surface area (Å²) in [5.41, 5.74) is 0.279. The number of fused-ring (bicyclic) bond motifs is 1. The summed E-state index contributed by atoms with van der Waals surface area (Å²) in [6.45, 7) is 0.738. The highest BCUT2D eigenvalue weighted by atomic mass is 35.5. The lowest BCUT2D eigenvalue weighted by Gasteiger charge is -2.22. The van der Waals surface area contributed by atoms with Crippen LogP contribution in [0.25, 0.3) is 10.2 Å². The molecular weight excluding hydrogens is 525 g/mol. The first-order valence-electron chi connectivity index (χ1n) is 9.91. The highest BCUT2D eigenvalue weighted by molar-refractivity contribution is 7.91. The van der Waals surface area contributed by atoms with Gasteiger partial charge in [-0.2, -0.15) is 0 Å². The van der Waals surface area contributed by atoms with Crippen LogP contribution in [0.1, 0.15) is 6.42 Å². The van der Waals surface area contributed by atoms with Gasteiger partial charge in [-0.15, -0.1) is 12.4 Å². The van der Waals surface area contributed by atoms with E-state index < -0.39 is 37.2 Å². The number of carbonyl (C=O) groups excluding carboxylic acids is 1. The Morgan fingerprint density at radius 3 is 2.26 bits per heavy atom. The van der Waals surface area contributed by atoms with E-state index >= 15 is 0 Å². The van der Waals surface area contributed by atoms with Crippen molar-refractivity contribution in [2.45, 2.75) is 16.2 Å². The molecule has 186 valence electrons. The van der Waals surface area contributed by atoms with E-state index in [1.54, 1.807) is 12.1 Å². The van der Waals surface area contributed by atoms with Crippen molar-refractivity contribution < 1.29 is 26.0 Å². The number of hydrogen-bond donors (Lipinski definition) is 0. The third-order valence-corrected chi connectivity index (χ3v) is 8.73. The minimum atomic E-state index is -3.79. The molecule has 1 heterocycles. The highest BCUT2D eigenvalue weighted by Gasteiger charge is 2.25. The molecule has 0 bridgehead atoms. The van der Waals surface area contributed by atoms with E-state index in [9.17, 15) is 26.0 Å². The molecule has 34 heavy (non-hydrogen) atoms. The van der Waals surface area contributed by atoms with Crippen molar-refractivity contribution in [2.24, 2.45) is 0 Å². The van der Waals surface area contributed by atoms with Gasteiger partial charge in [-0.25, -0.2) is 26.2 Å². The number of carbonyl (C=O) groups is 1. The second-order valence-corrected chi connectivity index (χ2v) is 12.8. The summed E-state index contributed by atoms with van der Waals surface area (Å²) < 4.78 is 63.2. The second-order valence-electron chi connectivity index (χ2n) is 7.74. The third-order valence-electron chi connectivity index (χ3n) is 4.83. The van der Waals surface area contributed by atoms with Crippen LogP contribution in [-0.2, 0) is 24.5 Å². The smallest absolute Gasteiger partial charge is 0.229 e. The van der Waals surface area contributed by atoms with E-state index in [-0.39, 0.29) is 40.7 Å². The van der Waals surface area contributed by atoms with Gasteiger partial charge in [0.15, 0.2) is 24.8 Å². The fourth-order valence-electron chi connectivity index (χ4n) is 3.07. The van der Waals surface area contributed by atoms with Gasteiger partial charge in [0.2, 0.25) is 5.91 Å². The van der Waals surface area contributed by atoms with E-state index in [0.717, 1.165) is 18.4 Å². The van der Waals surface area contributed by atoms with Crippen LogP contribution in [0, 0.1) is 5.82 Å². The number of amides is 1. The Labute approximate surface area is 208 Å². The molecule has 3 rings (SSSR count). The molecule has 0 fully saturated rings. The van der Waals surface area contributed by atoms with Crippen LogP contribution in [0.3, 0.4) is 0 Å². The number of sulfone groups is 2. The molecule has 0 atom stereocenters. The first kappa shape index (κ1) is 28.1. The largest absolute Gasteiger partial charge is 0.308 e. The van der Waals surface area contributed by atoms with Crippen molar-refractivity contribution in [1.82, 2.24) is 9.88 Å². The number of rotatable bonds is 9. The maximum Gasteiger partial charge on any atom is 0.229 e. The van der Waals surface area contributed by atoms with Gasteiger partial charge in [-0.3, -0.25) is 9.69 Å². The van der Waals surface area contributed by atoms with E-state index in [4.69, 9.17) is 0 Å². The number of nitrogens with zero attached hydrogens (tertiary/aromatic N) is 3. The molecule has 0 saturated carbocycles. The summed E-state index contributed by atoms with van der Waals surface area (Å²) in [4.78, 5) is 20.8. The summed E-state index contributed by atoms with van der Waals surface area (Å²) in [5, 5.41) is 0.298. The van der Waals surface area contributed by atoms with Crippen molar-refractivity contribution >= 4 is 64.7 Å². The minimum absolute atomic E-state index is 0. The number of benzene rings is 2. The van der Waals surface area contributed by atoms with Gasteiger partial charge in [-0.05, 0) is 50.5 Å². The topological polar surface area (TPSA) is 105 Å². The minimum Gasteiger partial charge on any atom is -0.308 e. The molecule has 0 aliphatic carbocycles. The van der Waals surface area contributed by atoms with Crippen LogP contribution in [0.15, 0.2) is 52.3 Å². The predicted octanol–water partition coefficient (Wildman–Crippen LogP) is 3.02. The molecule has 0 N–H and O–H groups in total. The van der Waals surface area contributed by atoms with Crippen molar-refractivity contribution in [3.63, 3.8) is 0 Å². The monoisotopic (exact) mass is 549 g/mol. The fraction of sp³-hybridized carbons (Fsp3) is 0.333. The summed E-state index contributed by atoms with van der Waals surface area (Å²) >= 11 is 1.17. The summed E-state index contributed by atoms with van der Waals surface area (Å²) in [7, 11) is -3.65. The molecule has 1 aromatic heterocycles. The average Bonchev–Trinajstić information content (AvgIpc) is 3.15. The molecule has 0 aliphatic heterocycles. The van der Waals surface area contributed by atoms with Gasteiger partial charge in [0.1, 0.15) is 11.3 Å². The molecule has 13 heteroatoms. The van der Waals surface area contributed by atoms with Crippen LogP contribution in [0.4, 0.5) is 9.52 Å². The van der Waals surface area contributed by atoms with E-state index in [1.807, 2.05) is 19.0 Å². The quantitative estimate of drug-likeness (QED) is 0.378. The molecule has 3 aromatic rings. The SMILES string of the molecule is CN(C)CCN(C(=O)CCS(=O)(=O)c1ccc(F)cc1)c1nc2c(S(C)(=O)=O)cccc2s1.Cl. The lowest BCUT2D eigenvalue weighted by atomic mass is 10.3. The van der Waals surface area contributed by atoms with Crippen LogP contribution in [0.5, 0.6) is 0 Å². The van der Waals surface area contributed by atoms with Crippen LogP contribution in [-0.4, -0.2) is 71.8 Å². The number of para-hydroxylation sites is 1. The molecule has 0 spiro atoms. The summed E-state index contributed by atoms with van der Waals surface area (Å²) in [5.74, 6) is -1.46. The molecule has 0 radical (unpaired) electrons. The van der Waals surface area contributed by atoms with Gasteiger partial charge >= 0.3 is 0 Å². The zero-order valence-corrected chi connectivity index (χ0v) is 22.0. The first-order chi connectivity index (χ1) is 15.4. The van der Waals surface area contributed by atoms with Crippen molar-refractivity contribution in [3.05, 3.63) is 48.3 Å². The Bertz CT molecular complexity index is 1370. The van der Waals surface area contributed by atoms with Gasteiger partial charge in [-0.1, -0.05) is 17.4 Å². The number of likely N-dealkylation sites (N-methyl/N-ethyl adjacent to an activating group) is 1. The van der Waals surface area contributed by atoms with Gasteiger partial charge < -0.3 is 4.90 Å². The van der Waals surface area contributed by atoms with Gasteiger partial charge in [0.25, 0.3) is 0 Å². The summed E-state index contributed by atoms with van der Waals surface area (Å²) in [6, 6.07) is 9.23. The fourth-order valence-corrected chi connectivity index (χ4v) is 6.23. The van der Waals surface area contributed by atoms with E-state index in [1.165, 1.54) is 34.4 Å². The maximum absolute atomic E-state index is 13.1. The number of anilines is 1. The molecule has 0 saturated heterocycles. The van der Waals surface area contributed by atoms with Gasteiger partial charge in [0.05, 0.1) is 20.2 Å². The Kier molecular flexibility index (Phi) is 9.16. The number of hydrogen-bond acceptors (Lipinski definition) is 8. The molecule has 0 aliphatic rings. The van der Waals surface area contributed by atoms with E-state index in [2.05, 4.69) is 4.98 Å². The zero-order valence-electron chi connectivity index (χ0n) is 18.8. The van der Waals surface area contributed by atoms with Gasteiger partial charge in [0, 0.05) is 25.8 Å². The highest BCUT2D eigenvalue weighted by Crippen LogP contribution is 2.33. The zero-order chi connectivity index (χ0) is 24.4. The van der Waals surface area contributed by atoms with Crippen LogP contribution >= 0.6 is 23.7 Å². The Morgan fingerprint density at radius 1 is 1.03 bits per heavy atom. The first-order valence-corrected chi connectivity index (χ1v) is 14.3. The lowest BCUT2D eigenvalue weighted by Crippen LogP contribution is -2.37. The molecule has 1 amide bonds. The van der Waals surface area contributed by atoms with Crippen LogP contribution in [0.2, 0.25) is 0 Å². The maximum atomic E-state index is 13.1. The number of thiazole rings is 1. The number of halogens is 2. The van der Waals surface area contributed by atoms with Crippen LogP contribution < -0.4 is 4.90 Å². The Hall–Kier alpha value is -2.12. The second kappa shape index (κ2) is 11.1. The van der Waals surface area contributed by atoms with E-state index in [0.29, 0.717) is 16.4 Å². The standard InChI is InChI=1S/C21H24FN3O5S3.ClH/c1-24(2)12-13-25(19(26)11-14-33(29,30)16-9-7-15(22)8-10-16)21-23-20-17(31-21)5-4-6-18(20)32(3,27)28;/h4-10H,11-14H2,1-3H3;1H. The average molecular weight is 550 g/mol. The van der Waals surface area contributed by atoms with Crippen molar-refractivity contribution in [1.29, 1.82) is 0 Å².